The van der Waals surface area contributed by atoms with E-state index >= 15 is 0 Å². The number of primary amides is 1. The molecule has 3 N–H and O–H groups in total. The Morgan fingerprint density at radius 2 is 2.10 bits per heavy atom. The highest BCUT2D eigenvalue weighted by Crippen LogP contribution is 2.25. The molecule has 0 spiro atoms. The second-order valence-electron chi connectivity index (χ2n) is 5.42. The predicted octanol–water partition coefficient (Wildman–Crippen LogP) is -1.31. The molecule has 1 fully saturated rings. The largest absolute Gasteiger partial charge is 0.365 e. The van der Waals surface area contributed by atoms with Crippen molar-refractivity contribution in [2.45, 2.75) is 13.0 Å². The van der Waals surface area contributed by atoms with Gasteiger partial charge in [0.1, 0.15) is 17.4 Å². The Morgan fingerprint density at radius 1 is 1.43 bits per heavy atom. The van der Waals surface area contributed by atoms with E-state index < -0.39 is 5.91 Å². The summed E-state index contributed by atoms with van der Waals surface area (Å²) >= 11 is 0. The molecule has 0 bridgehead atoms. The molecule has 1 aliphatic heterocycles. The van der Waals surface area contributed by atoms with Crippen molar-refractivity contribution >= 4 is 17.6 Å². The van der Waals surface area contributed by atoms with E-state index in [0.29, 0.717) is 30.2 Å². The maximum absolute atomic E-state index is 12.4. The number of carbonyl (C=O) groups excluding carboxylic acids is 2. The summed E-state index contributed by atoms with van der Waals surface area (Å²) in [6.07, 6.45) is 0. The van der Waals surface area contributed by atoms with Crippen LogP contribution in [-0.4, -0.2) is 66.3 Å². The minimum absolute atomic E-state index is 0.0172. The van der Waals surface area contributed by atoms with Crippen LogP contribution >= 0.6 is 0 Å². The normalized spacial score (nSPS) is 18.7. The first-order valence-electron chi connectivity index (χ1n) is 6.86. The van der Waals surface area contributed by atoms with Gasteiger partial charge in [-0.25, -0.2) is 0 Å². The molecular formula is C13H22N6O2. The molecular weight excluding hydrogens is 272 g/mol. The molecule has 1 aromatic rings. The lowest BCUT2D eigenvalue weighted by Crippen LogP contribution is -2.58. The Hall–Kier alpha value is -2.09. The summed E-state index contributed by atoms with van der Waals surface area (Å²) in [5.41, 5.74) is 6.45. The maximum Gasteiger partial charge on any atom is 0.254 e. The van der Waals surface area contributed by atoms with Crippen LogP contribution in [0.5, 0.6) is 0 Å². The summed E-state index contributed by atoms with van der Waals surface area (Å²) in [6, 6.07) is -0.373. The number of rotatable bonds is 3. The van der Waals surface area contributed by atoms with E-state index in [0.717, 1.165) is 6.54 Å². The SMILES string of the molecule is Cc1nn(C)c(N2CCNCC2C(=O)N(C)C)c1C(N)=O. The van der Waals surface area contributed by atoms with E-state index in [4.69, 9.17) is 5.73 Å². The van der Waals surface area contributed by atoms with E-state index in [-0.39, 0.29) is 11.9 Å². The van der Waals surface area contributed by atoms with Gasteiger partial charge in [0.2, 0.25) is 5.91 Å². The molecule has 116 valence electrons. The standard InChI is InChI=1S/C13H22N6O2/c1-8-10(11(14)20)12(18(4)16-8)19-6-5-15-7-9(19)13(21)17(2)3/h9,15H,5-7H2,1-4H3,(H2,14,20). The van der Waals surface area contributed by atoms with E-state index in [9.17, 15) is 9.59 Å². The molecule has 1 aliphatic rings. The molecule has 8 nitrogen and oxygen atoms in total. The molecule has 0 aliphatic carbocycles. The fourth-order valence-electron chi connectivity index (χ4n) is 2.74. The van der Waals surface area contributed by atoms with Crippen molar-refractivity contribution in [2.24, 2.45) is 12.8 Å². The highest BCUT2D eigenvalue weighted by atomic mass is 16.2. The fourth-order valence-corrected chi connectivity index (χ4v) is 2.74. The third-order valence-corrected chi connectivity index (χ3v) is 3.68. The number of hydrogen-bond acceptors (Lipinski definition) is 5. The number of nitrogens with zero attached hydrogens (tertiary/aromatic N) is 4. The van der Waals surface area contributed by atoms with Gasteiger partial charge in [0.25, 0.3) is 5.91 Å². The zero-order valence-electron chi connectivity index (χ0n) is 12.9. The van der Waals surface area contributed by atoms with Crippen molar-refractivity contribution in [1.82, 2.24) is 20.0 Å². The van der Waals surface area contributed by atoms with Crippen molar-refractivity contribution in [3.05, 3.63) is 11.3 Å². The van der Waals surface area contributed by atoms with Crippen molar-refractivity contribution in [3.8, 4) is 0 Å². The smallest absolute Gasteiger partial charge is 0.254 e. The number of aromatic nitrogens is 2. The Labute approximate surface area is 123 Å². The molecule has 2 heterocycles. The third kappa shape index (κ3) is 2.71. The topological polar surface area (TPSA) is 96.5 Å². The monoisotopic (exact) mass is 294 g/mol. The first-order chi connectivity index (χ1) is 9.84. The molecule has 21 heavy (non-hydrogen) atoms. The molecule has 2 amide bonds. The quantitative estimate of drug-likeness (QED) is 0.722. The van der Waals surface area contributed by atoms with Crippen molar-refractivity contribution in [2.75, 3.05) is 38.6 Å². The minimum atomic E-state index is -0.523. The number of aryl methyl sites for hydroxylation is 2. The van der Waals surface area contributed by atoms with Crippen LogP contribution in [0.15, 0.2) is 0 Å². The van der Waals surface area contributed by atoms with Crippen LogP contribution in [-0.2, 0) is 11.8 Å². The second kappa shape index (κ2) is 5.72. The van der Waals surface area contributed by atoms with Gasteiger partial charge >= 0.3 is 0 Å². The van der Waals surface area contributed by atoms with Crippen LogP contribution < -0.4 is 16.0 Å². The van der Waals surface area contributed by atoms with E-state index in [1.165, 1.54) is 0 Å². The number of amides is 2. The lowest BCUT2D eigenvalue weighted by Gasteiger charge is -2.38. The van der Waals surface area contributed by atoms with Gasteiger partial charge in [-0.3, -0.25) is 14.3 Å². The van der Waals surface area contributed by atoms with Gasteiger partial charge in [0, 0.05) is 40.8 Å². The number of piperazine rings is 1. The zero-order chi connectivity index (χ0) is 15.7. The first kappa shape index (κ1) is 15.3. The molecule has 0 radical (unpaired) electrons. The lowest BCUT2D eigenvalue weighted by atomic mass is 10.1. The van der Waals surface area contributed by atoms with Crippen molar-refractivity contribution in [1.29, 1.82) is 0 Å². The second-order valence-corrected chi connectivity index (χ2v) is 5.42. The number of anilines is 1. The molecule has 8 heteroatoms. The highest BCUT2D eigenvalue weighted by molar-refractivity contribution is 6.00. The summed E-state index contributed by atoms with van der Waals surface area (Å²) in [6.45, 7) is 3.62. The molecule has 1 saturated heterocycles. The summed E-state index contributed by atoms with van der Waals surface area (Å²) < 4.78 is 1.62. The summed E-state index contributed by atoms with van der Waals surface area (Å²) in [4.78, 5) is 27.6. The van der Waals surface area contributed by atoms with Crippen LogP contribution in [0.25, 0.3) is 0 Å². The van der Waals surface area contributed by atoms with E-state index in [1.807, 2.05) is 4.90 Å². The van der Waals surface area contributed by atoms with Gasteiger partial charge in [-0.1, -0.05) is 0 Å². The number of nitrogens with one attached hydrogen (secondary N) is 1. The molecule has 1 unspecified atom stereocenters. The molecule has 1 aromatic heterocycles. The van der Waals surface area contributed by atoms with Gasteiger partial charge in [-0.2, -0.15) is 5.10 Å². The summed E-state index contributed by atoms with van der Waals surface area (Å²) in [7, 11) is 5.20. The zero-order valence-corrected chi connectivity index (χ0v) is 12.9. The van der Waals surface area contributed by atoms with Gasteiger partial charge in [-0.15, -0.1) is 0 Å². The molecule has 0 saturated carbocycles. The van der Waals surface area contributed by atoms with Gasteiger partial charge in [0.15, 0.2) is 0 Å². The van der Waals surface area contributed by atoms with Gasteiger partial charge < -0.3 is 20.9 Å². The number of likely N-dealkylation sites (N-methyl/N-ethyl adjacent to an activating group) is 1. The summed E-state index contributed by atoms with van der Waals surface area (Å²) in [5.74, 6) is 0.0726. The molecule has 1 atom stereocenters. The third-order valence-electron chi connectivity index (χ3n) is 3.68. The molecule has 2 rings (SSSR count). The summed E-state index contributed by atoms with van der Waals surface area (Å²) in [5, 5.41) is 7.49. The van der Waals surface area contributed by atoms with E-state index in [1.54, 1.807) is 37.6 Å². The average Bonchev–Trinajstić information content (AvgIpc) is 2.72. The lowest BCUT2D eigenvalue weighted by molar-refractivity contribution is -0.130. The Kier molecular flexibility index (Phi) is 4.17. The van der Waals surface area contributed by atoms with Crippen LogP contribution in [0.2, 0.25) is 0 Å². The van der Waals surface area contributed by atoms with Crippen LogP contribution in [0.4, 0.5) is 5.82 Å². The number of nitrogens with two attached hydrogens (primary N) is 1. The number of carbonyl (C=O) groups is 2. The van der Waals surface area contributed by atoms with Crippen LogP contribution in [0, 0.1) is 6.92 Å². The van der Waals surface area contributed by atoms with Crippen molar-refractivity contribution < 1.29 is 9.59 Å². The first-order valence-corrected chi connectivity index (χ1v) is 6.86. The van der Waals surface area contributed by atoms with Crippen LogP contribution in [0.1, 0.15) is 16.1 Å². The van der Waals surface area contributed by atoms with Crippen molar-refractivity contribution in [3.63, 3.8) is 0 Å². The fraction of sp³-hybridized carbons (Fsp3) is 0.615. The molecule has 0 aromatic carbocycles. The Bertz CT molecular complexity index is 565. The Balaban J connectivity index is 2.47. The number of hydrogen-bond donors (Lipinski definition) is 2. The Morgan fingerprint density at radius 3 is 2.67 bits per heavy atom. The van der Waals surface area contributed by atoms with Gasteiger partial charge in [-0.05, 0) is 6.92 Å². The average molecular weight is 294 g/mol. The van der Waals surface area contributed by atoms with Crippen LogP contribution in [0.3, 0.4) is 0 Å². The van der Waals surface area contributed by atoms with E-state index in [2.05, 4.69) is 10.4 Å². The predicted molar refractivity (Wildman–Crippen MR) is 79.2 cm³/mol. The maximum atomic E-state index is 12.4. The van der Waals surface area contributed by atoms with Gasteiger partial charge in [0.05, 0.1) is 5.69 Å². The highest BCUT2D eigenvalue weighted by Gasteiger charge is 2.34. The minimum Gasteiger partial charge on any atom is -0.365 e.